The predicted octanol–water partition coefficient (Wildman–Crippen LogP) is 3.59. The first-order valence-electron chi connectivity index (χ1n) is 6.28. The number of rotatable bonds is 4. The summed E-state index contributed by atoms with van der Waals surface area (Å²) < 4.78 is 29.6. The van der Waals surface area contributed by atoms with Gasteiger partial charge in [0.05, 0.1) is 17.1 Å². The highest BCUT2D eigenvalue weighted by Crippen LogP contribution is 2.23. The molecule has 2 aromatic carbocycles. The minimum atomic E-state index is -3.62. The normalized spacial score (nSPS) is 10.6. The summed E-state index contributed by atoms with van der Waals surface area (Å²) in [5.41, 5.74) is 1.63. The zero-order chi connectivity index (χ0) is 15.3. The Hall–Kier alpha value is -1.52. The van der Waals surface area contributed by atoms with Crippen LogP contribution in [0.3, 0.4) is 0 Å². The Bertz CT molecular complexity index is 759. The molecule has 0 aromatic heterocycles. The van der Waals surface area contributed by atoms with Crippen molar-refractivity contribution in [3.05, 3.63) is 60.2 Å². The SMILES string of the molecule is Cc1ccc(S(=O)(=O)N(CC#CI)c2ccccc2)cc1. The first kappa shape index (κ1) is 15.9. The van der Waals surface area contributed by atoms with Crippen molar-refractivity contribution in [3.8, 4) is 9.85 Å². The lowest BCUT2D eigenvalue weighted by atomic mass is 10.2. The lowest BCUT2D eigenvalue weighted by molar-refractivity contribution is 0.593. The van der Waals surface area contributed by atoms with Crippen LogP contribution in [0.5, 0.6) is 0 Å². The third kappa shape index (κ3) is 3.77. The van der Waals surface area contributed by atoms with Crippen LogP contribution in [0.25, 0.3) is 0 Å². The number of hydrogen-bond donors (Lipinski definition) is 0. The van der Waals surface area contributed by atoms with Crippen LogP contribution in [0.15, 0.2) is 59.5 Å². The molecular formula is C16H14INO2S. The molecule has 0 spiro atoms. The van der Waals surface area contributed by atoms with Crippen molar-refractivity contribution in [2.75, 3.05) is 10.8 Å². The molecule has 0 aliphatic rings. The summed E-state index contributed by atoms with van der Waals surface area (Å²) in [5, 5.41) is 0. The van der Waals surface area contributed by atoms with Gasteiger partial charge >= 0.3 is 0 Å². The number of aryl methyl sites for hydroxylation is 1. The summed E-state index contributed by atoms with van der Waals surface area (Å²) in [6.45, 7) is 2.05. The first-order chi connectivity index (χ1) is 10.1. The van der Waals surface area contributed by atoms with Gasteiger partial charge in [0.25, 0.3) is 10.0 Å². The van der Waals surface area contributed by atoms with Gasteiger partial charge in [-0.1, -0.05) is 41.8 Å². The molecule has 0 saturated carbocycles. The van der Waals surface area contributed by atoms with Crippen LogP contribution in [0, 0.1) is 16.8 Å². The Morgan fingerprint density at radius 3 is 2.24 bits per heavy atom. The molecule has 0 heterocycles. The summed E-state index contributed by atoms with van der Waals surface area (Å²) in [4.78, 5) is 0.271. The van der Waals surface area contributed by atoms with Crippen molar-refractivity contribution < 1.29 is 8.42 Å². The zero-order valence-corrected chi connectivity index (χ0v) is 14.4. The number of anilines is 1. The second kappa shape index (κ2) is 6.96. The van der Waals surface area contributed by atoms with E-state index in [9.17, 15) is 8.42 Å². The summed E-state index contributed by atoms with van der Waals surface area (Å²) >= 11 is 1.90. The molecule has 0 aliphatic heterocycles. The van der Waals surface area contributed by atoms with Gasteiger partial charge in [-0.15, -0.1) is 0 Å². The van der Waals surface area contributed by atoms with Crippen molar-refractivity contribution in [2.45, 2.75) is 11.8 Å². The largest absolute Gasteiger partial charge is 0.265 e. The topological polar surface area (TPSA) is 37.4 Å². The molecular weight excluding hydrogens is 397 g/mol. The molecule has 0 radical (unpaired) electrons. The van der Waals surface area contributed by atoms with E-state index in [4.69, 9.17) is 0 Å². The van der Waals surface area contributed by atoms with E-state index in [0.29, 0.717) is 5.69 Å². The van der Waals surface area contributed by atoms with E-state index >= 15 is 0 Å². The van der Waals surface area contributed by atoms with Gasteiger partial charge in [-0.25, -0.2) is 8.42 Å². The molecule has 21 heavy (non-hydrogen) atoms. The second-order valence-corrected chi connectivity index (χ2v) is 6.83. The van der Waals surface area contributed by atoms with Crippen molar-refractivity contribution in [1.29, 1.82) is 0 Å². The monoisotopic (exact) mass is 411 g/mol. The molecule has 0 atom stereocenters. The fraction of sp³-hybridized carbons (Fsp3) is 0.125. The van der Waals surface area contributed by atoms with Gasteiger partial charge in [-0.2, -0.15) is 0 Å². The number of hydrogen-bond acceptors (Lipinski definition) is 2. The minimum absolute atomic E-state index is 0.128. The Morgan fingerprint density at radius 1 is 1.05 bits per heavy atom. The molecule has 0 aliphatic carbocycles. The first-order valence-corrected chi connectivity index (χ1v) is 8.80. The number of sulfonamides is 1. The molecule has 0 N–H and O–H groups in total. The fourth-order valence-electron chi connectivity index (χ4n) is 1.85. The van der Waals surface area contributed by atoms with Crippen LogP contribution >= 0.6 is 22.6 Å². The highest BCUT2D eigenvalue weighted by atomic mass is 127. The predicted molar refractivity (Wildman–Crippen MR) is 93.9 cm³/mol. The van der Waals surface area contributed by atoms with Crippen molar-refractivity contribution in [3.63, 3.8) is 0 Å². The maximum atomic E-state index is 12.8. The molecule has 0 amide bonds. The average Bonchev–Trinajstić information content (AvgIpc) is 2.49. The van der Waals surface area contributed by atoms with Crippen LogP contribution in [0.2, 0.25) is 0 Å². The van der Waals surface area contributed by atoms with E-state index in [1.54, 1.807) is 36.4 Å². The summed E-state index contributed by atoms with van der Waals surface area (Å²) in [7, 11) is -3.62. The lowest BCUT2D eigenvalue weighted by Gasteiger charge is -2.22. The molecule has 108 valence electrons. The van der Waals surface area contributed by atoms with Gasteiger partial charge in [0.15, 0.2) is 0 Å². The number of benzene rings is 2. The highest BCUT2D eigenvalue weighted by Gasteiger charge is 2.23. The molecule has 2 rings (SSSR count). The molecule has 0 saturated heterocycles. The minimum Gasteiger partial charge on any atom is -0.254 e. The van der Waals surface area contributed by atoms with Crippen LogP contribution in [-0.2, 0) is 10.0 Å². The molecule has 0 fully saturated rings. The van der Waals surface area contributed by atoms with Gasteiger partial charge in [0, 0.05) is 22.6 Å². The van der Waals surface area contributed by atoms with Crippen LogP contribution in [-0.4, -0.2) is 15.0 Å². The van der Waals surface area contributed by atoms with Gasteiger partial charge in [0.2, 0.25) is 0 Å². The quantitative estimate of drug-likeness (QED) is 0.570. The molecule has 5 heteroatoms. The molecule has 0 bridgehead atoms. The van der Waals surface area contributed by atoms with Gasteiger partial charge in [0.1, 0.15) is 0 Å². The Kier molecular flexibility index (Phi) is 5.26. The maximum absolute atomic E-state index is 12.8. The molecule has 0 unspecified atom stereocenters. The van der Waals surface area contributed by atoms with E-state index in [0.717, 1.165) is 5.56 Å². The van der Waals surface area contributed by atoms with Crippen LogP contribution < -0.4 is 4.31 Å². The van der Waals surface area contributed by atoms with Gasteiger partial charge < -0.3 is 0 Å². The number of halogens is 1. The summed E-state index contributed by atoms with van der Waals surface area (Å²) in [5.74, 6) is 2.82. The number of nitrogens with zero attached hydrogens (tertiary/aromatic N) is 1. The van der Waals surface area contributed by atoms with Crippen LogP contribution in [0.4, 0.5) is 5.69 Å². The maximum Gasteiger partial charge on any atom is 0.265 e. The fourth-order valence-corrected chi connectivity index (χ4v) is 3.39. The Morgan fingerprint density at radius 2 is 1.67 bits per heavy atom. The molecule has 3 nitrogen and oxygen atoms in total. The van der Waals surface area contributed by atoms with Gasteiger partial charge in [-0.05, 0) is 35.1 Å². The second-order valence-electron chi connectivity index (χ2n) is 4.43. The van der Waals surface area contributed by atoms with E-state index < -0.39 is 10.0 Å². The van der Waals surface area contributed by atoms with Crippen molar-refractivity contribution in [2.24, 2.45) is 0 Å². The van der Waals surface area contributed by atoms with E-state index in [-0.39, 0.29) is 11.4 Å². The summed E-state index contributed by atoms with van der Waals surface area (Å²) in [6.07, 6.45) is 0. The van der Waals surface area contributed by atoms with Gasteiger partial charge in [-0.3, -0.25) is 4.31 Å². The smallest absolute Gasteiger partial charge is 0.254 e. The van der Waals surface area contributed by atoms with E-state index in [1.807, 2.05) is 47.7 Å². The standard InChI is InChI=1S/C16H14INO2S/c1-14-8-10-16(11-9-14)21(19,20)18(13-5-12-17)15-6-3-2-4-7-15/h2-4,6-11H,13H2,1H3. The van der Waals surface area contributed by atoms with Crippen molar-refractivity contribution in [1.82, 2.24) is 0 Å². The highest BCUT2D eigenvalue weighted by molar-refractivity contribution is 14.1. The average molecular weight is 411 g/mol. The zero-order valence-electron chi connectivity index (χ0n) is 11.5. The van der Waals surface area contributed by atoms with E-state index in [2.05, 4.69) is 9.85 Å². The third-order valence-electron chi connectivity index (χ3n) is 2.94. The Labute approximate surface area is 139 Å². The number of para-hydroxylation sites is 1. The van der Waals surface area contributed by atoms with E-state index in [1.165, 1.54) is 4.31 Å². The molecule has 2 aromatic rings. The lowest BCUT2D eigenvalue weighted by Crippen LogP contribution is -2.31. The Balaban J connectivity index is 2.48. The van der Waals surface area contributed by atoms with Crippen LogP contribution in [0.1, 0.15) is 5.56 Å². The summed E-state index contributed by atoms with van der Waals surface area (Å²) in [6, 6.07) is 15.8. The van der Waals surface area contributed by atoms with Crippen molar-refractivity contribution >= 4 is 38.3 Å². The third-order valence-corrected chi connectivity index (χ3v) is 5.11.